The minimum Gasteiger partial charge on any atom is -0.351 e. The predicted molar refractivity (Wildman–Crippen MR) is 78.2 cm³/mol. The lowest BCUT2D eigenvalue weighted by Gasteiger charge is -2.13. The summed E-state index contributed by atoms with van der Waals surface area (Å²) in [6.07, 6.45) is 1.51. The van der Waals surface area contributed by atoms with E-state index in [0.29, 0.717) is 0 Å². The van der Waals surface area contributed by atoms with Crippen LogP contribution in [-0.2, 0) is 4.79 Å². The largest absolute Gasteiger partial charge is 0.351 e. The fourth-order valence-electron chi connectivity index (χ4n) is 1.47. The molecule has 0 aromatic heterocycles. The van der Waals surface area contributed by atoms with Crippen LogP contribution in [0.3, 0.4) is 0 Å². The highest BCUT2D eigenvalue weighted by molar-refractivity contribution is 6.32. The summed E-state index contributed by atoms with van der Waals surface area (Å²) in [5.41, 5.74) is -0.317. The molecule has 1 atom stereocenters. The number of rotatable bonds is 6. The third-order valence-electron chi connectivity index (χ3n) is 2.57. The van der Waals surface area contributed by atoms with Gasteiger partial charge in [-0.3, -0.25) is 19.7 Å². The Hall–Kier alpha value is -2.41. The average Bonchev–Trinajstić information content (AvgIpc) is 2.44. The summed E-state index contributed by atoms with van der Waals surface area (Å²) in [6.45, 7) is 5.24. The van der Waals surface area contributed by atoms with E-state index in [-0.39, 0.29) is 28.7 Å². The topological polar surface area (TPSA) is 101 Å². The van der Waals surface area contributed by atoms with Crippen LogP contribution in [0.1, 0.15) is 17.3 Å². The van der Waals surface area contributed by atoms with Crippen LogP contribution in [0.25, 0.3) is 0 Å². The third kappa shape index (κ3) is 4.57. The van der Waals surface area contributed by atoms with Crippen LogP contribution in [0.5, 0.6) is 0 Å². The Balaban J connectivity index is 2.80. The molecule has 21 heavy (non-hydrogen) atoms. The first-order valence-corrected chi connectivity index (χ1v) is 6.38. The normalized spacial score (nSPS) is 11.3. The van der Waals surface area contributed by atoms with Gasteiger partial charge < -0.3 is 10.6 Å². The molecule has 112 valence electrons. The number of halogens is 1. The maximum Gasteiger partial charge on any atom is 0.288 e. The Morgan fingerprint density at radius 1 is 1.52 bits per heavy atom. The Labute approximate surface area is 126 Å². The second kappa shape index (κ2) is 7.39. The Morgan fingerprint density at radius 2 is 2.19 bits per heavy atom. The van der Waals surface area contributed by atoms with E-state index in [0.717, 1.165) is 6.07 Å². The first-order chi connectivity index (χ1) is 9.86. The van der Waals surface area contributed by atoms with Crippen molar-refractivity contribution in [1.29, 1.82) is 0 Å². The van der Waals surface area contributed by atoms with Crippen LogP contribution in [0.15, 0.2) is 30.9 Å². The number of amides is 2. The number of hydrogen-bond donors (Lipinski definition) is 2. The lowest BCUT2D eigenvalue weighted by molar-refractivity contribution is -0.384. The van der Waals surface area contributed by atoms with Gasteiger partial charge in [0.25, 0.3) is 11.6 Å². The number of carbonyl (C=O) groups excluding carboxylic acids is 2. The highest BCUT2D eigenvalue weighted by Crippen LogP contribution is 2.24. The molecule has 2 amide bonds. The van der Waals surface area contributed by atoms with Crippen molar-refractivity contribution in [2.75, 3.05) is 6.54 Å². The van der Waals surface area contributed by atoms with Crippen molar-refractivity contribution >= 4 is 29.1 Å². The molecule has 2 N–H and O–H groups in total. The van der Waals surface area contributed by atoms with Gasteiger partial charge in [0.2, 0.25) is 5.91 Å². The molecule has 0 aliphatic rings. The smallest absolute Gasteiger partial charge is 0.288 e. The van der Waals surface area contributed by atoms with Gasteiger partial charge >= 0.3 is 0 Å². The number of nitrogens with one attached hydrogen (secondary N) is 2. The number of nitro groups is 1. The van der Waals surface area contributed by atoms with E-state index in [1.165, 1.54) is 25.1 Å². The predicted octanol–water partition coefficient (Wildman–Crippen LogP) is 1.67. The van der Waals surface area contributed by atoms with Crippen molar-refractivity contribution in [3.05, 3.63) is 51.6 Å². The molecule has 8 heteroatoms. The summed E-state index contributed by atoms with van der Waals surface area (Å²) >= 11 is 5.66. The van der Waals surface area contributed by atoms with Gasteiger partial charge in [0.15, 0.2) is 0 Å². The maximum absolute atomic E-state index is 11.9. The van der Waals surface area contributed by atoms with Crippen LogP contribution in [0.2, 0.25) is 5.02 Å². The Kier molecular flexibility index (Phi) is 5.86. The standard InChI is InChI=1S/C13H14ClN3O4/c1-3-6-15-12(18)8(2)16-13(19)9-4-5-10(14)11(7-9)17(20)21/h3-5,7-8H,1,6H2,2H3,(H,15,18)(H,16,19)/t8-/m0/s1. The number of hydrogen-bond acceptors (Lipinski definition) is 4. The molecule has 0 fully saturated rings. The highest BCUT2D eigenvalue weighted by Gasteiger charge is 2.19. The summed E-state index contributed by atoms with van der Waals surface area (Å²) < 4.78 is 0. The quantitative estimate of drug-likeness (QED) is 0.474. The van der Waals surface area contributed by atoms with Crippen LogP contribution >= 0.6 is 11.6 Å². The summed E-state index contributed by atoms with van der Waals surface area (Å²) in [6, 6.07) is 2.88. The monoisotopic (exact) mass is 311 g/mol. The fourth-order valence-corrected chi connectivity index (χ4v) is 1.65. The van der Waals surface area contributed by atoms with Crippen LogP contribution in [0.4, 0.5) is 5.69 Å². The molecule has 0 radical (unpaired) electrons. The highest BCUT2D eigenvalue weighted by atomic mass is 35.5. The zero-order valence-electron chi connectivity index (χ0n) is 11.3. The number of benzene rings is 1. The zero-order chi connectivity index (χ0) is 16.0. The lowest BCUT2D eigenvalue weighted by Crippen LogP contribution is -2.44. The molecular formula is C13H14ClN3O4. The van der Waals surface area contributed by atoms with Gasteiger partial charge in [-0.05, 0) is 19.1 Å². The van der Waals surface area contributed by atoms with Crippen LogP contribution < -0.4 is 10.6 Å². The van der Waals surface area contributed by atoms with Gasteiger partial charge in [0, 0.05) is 18.2 Å². The van der Waals surface area contributed by atoms with Crippen molar-refractivity contribution in [1.82, 2.24) is 10.6 Å². The second-order valence-electron chi connectivity index (χ2n) is 4.15. The van der Waals surface area contributed by atoms with Gasteiger partial charge in [-0.2, -0.15) is 0 Å². The van der Waals surface area contributed by atoms with E-state index in [9.17, 15) is 19.7 Å². The molecule has 0 aliphatic carbocycles. The Morgan fingerprint density at radius 3 is 2.76 bits per heavy atom. The van der Waals surface area contributed by atoms with E-state index in [1.807, 2.05) is 0 Å². The molecule has 0 bridgehead atoms. The van der Waals surface area contributed by atoms with E-state index in [1.54, 1.807) is 0 Å². The van der Waals surface area contributed by atoms with Gasteiger partial charge in [-0.25, -0.2) is 0 Å². The molecule has 1 aromatic carbocycles. The third-order valence-corrected chi connectivity index (χ3v) is 2.89. The first kappa shape index (κ1) is 16.6. The molecule has 0 aliphatic heterocycles. The van der Waals surface area contributed by atoms with E-state index < -0.39 is 16.9 Å². The molecular weight excluding hydrogens is 298 g/mol. The van der Waals surface area contributed by atoms with Gasteiger partial charge in [-0.1, -0.05) is 17.7 Å². The second-order valence-corrected chi connectivity index (χ2v) is 4.56. The van der Waals surface area contributed by atoms with E-state index in [2.05, 4.69) is 17.2 Å². The van der Waals surface area contributed by atoms with Crippen molar-refractivity contribution < 1.29 is 14.5 Å². The summed E-state index contributed by atoms with van der Waals surface area (Å²) in [7, 11) is 0. The Bertz CT molecular complexity index is 589. The van der Waals surface area contributed by atoms with Crippen molar-refractivity contribution in [3.63, 3.8) is 0 Å². The van der Waals surface area contributed by atoms with E-state index in [4.69, 9.17) is 11.6 Å². The molecule has 7 nitrogen and oxygen atoms in total. The van der Waals surface area contributed by atoms with E-state index >= 15 is 0 Å². The van der Waals surface area contributed by atoms with Crippen LogP contribution in [-0.4, -0.2) is 29.3 Å². The SMILES string of the molecule is C=CCNC(=O)[C@H](C)NC(=O)c1ccc(Cl)c([N+](=O)[O-])c1. The summed E-state index contributed by atoms with van der Waals surface area (Å²) in [5, 5.41) is 15.7. The van der Waals surface area contributed by atoms with Crippen molar-refractivity contribution in [3.8, 4) is 0 Å². The fraction of sp³-hybridized carbons (Fsp3) is 0.231. The van der Waals surface area contributed by atoms with Gasteiger partial charge in [0.1, 0.15) is 11.1 Å². The van der Waals surface area contributed by atoms with Crippen LogP contribution in [0, 0.1) is 10.1 Å². The molecule has 0 saturated carbocycles. The number of nitro benzene ring substituents is 1. The molecule has 0 unspecified atom stereocenters. The van der Waals surface area contributed by atoms with Crippen molar-refractivity contribution in [2.45, 2.75) is 13.0 Å². The maximum atomic E-state index is 11.9. The molecule has 0 spiro atoms. The summed E-state index contributed by atoms with van der Waals surface area (Å²) in [5.74, 6) is -0.984. The first-order valence-electron chi connectivity index (χ1n) is 6.00. The number of carbonyl (C=O) groups is 2. The minimum atomic E-state index is -0.785. The van der Waals surface area contributed by atoms with Gasteiger partial charge in [0.05, 0.1) is 4.92 Å². The van der Waals surface area contributed by atoms with Crippen molar-refractivity contribution in [2.24, 2.45) is 0 Å². The molecule has 1 rings (SSSR count). The zero-order valence-corrected chi connectivity index (χ0v) is 12.0. The average molecular weight is 312 g/mol. The van der Waals surface area contributed by atoms with Gasteiger partial charge in [-0.15, -0.1) is 6.58 Å². The molecule has 0 saturated heterocycles. The number of nitrogens with zero attached hydrogens (tertiary/aromatic N) is 1. The summed E-state index contributed by atoms with van der Waals surface area (Å²) in [4.78, 5) is 33.6. The lowest BCUT2D eigenvalue weighted by atomic mass is 10.1. The minimum absolute atomic E-state index is 0.0504. The molecule has 0 heterocycles. The molecule has 1 aromatic rings.